The van der Waals surface area contributed by atoms with E-state index < -0.39 is 0 Å². The van der Waals surface area contributed by atoms with Crippen LogP contribution in [0.5, 0.6) is 17.2 Å². The first-order valence-electron chi connectivity index (χ1n) is 9.53. The number of hydrogen-bond donors (Lipinski definition) is 1. The molecule has 2 aromatic carbocycles. The van der Waals surface area contributed by atoms with Gasteiger partial charge in [-0.15, -0.1) is 0 Å². The maximum absolute atomic E-state index is 6.00. The molecule has 0 atom stereocenters. The number of hydrogen-bond acceptors (Lipinski definition) is 5. The van der Waals surface area contributed by atoms with Crippen LogP contribution in [0.1, 0.15) is 26.3 Å². The minimum Gasteiger partial charge on any atom is -0.490 e. The predicted molar refractivity (Wildman–Crippen MR) is 117 cm³/mol. The van der Waals surface area contributed by atoms with Gasteiger partial charge in [0.1, 0.15) is 0 Å². The van der Waals surface area contributed by atoms with E-state index >= 15 is 0 Å². The lowest BCUT2D eigenvalue weighted by Gasteiger charge is -2.17. The van der Waals surface area contributed by atoms with E-state index in [0.29, 0.717) is 59.2 Å². The van der Waals surface area contributed by atoms with Crippen LogP contribution in [0.3, 0.4) is 0 Å². The Morgan fingerprint density at radius 1 is 0.966 bits per heavy atom. The number of nitrogens with zero attached hydrogens (tertiary/aromatic N) is 2. The molecule has 0 aliphatic heterocycles. The first-order valence-corrected chi connectivity index (χ1v) is 10.3. The van der Waals surface area contributed by atoms with Crippen LogP contribution in [0.25, 0.3) is 11.4 Å². The second-order valence-corrected chi connectivity index (χ2v) is 6.99. The van der Waals surface area contributed by atoms with Crippen LogP contribution in [0.15, 0.2) is 36.4 Å². The molecule has 3 rings (SSSR count). The molecule has 0 saturated heterocycles. The molecule has 1 N–H and O–H groups in total. The molecule has 8 heteroatoms. The van der Waals surface area contributed by atoms with E-state index in [1.807, 2.05) is 61.7 Å². The molecule has 0 aliphatic carbocycles. The molecular weight excluding hydrogens is 410 g/mol. The van der Waals surface area contributed by atoms with Gasteiger partial charge in [0, 0.05) is 10.6 Å². The van der Waals surface area contributed by atoms with Crippen molar-refractivity contribution in [3.05, 3.63) is 51.8 Å². The minimum absolute atomic E-state index is 0.507. The molecule has 29 heavy (non-hydrogen) atoms. The summed E-state index contributed by atoms with van der Waals surface area (Å²) in [4.78, 5) is 0. The number of halogens is 1. The van der Waals surface area contributed by atoms with E-state index in [2.05, 4.69) is 10.2 Å². The molecule has 0 unspecified atom stereocenters. The highest BCUT2D eigenvalue weighted by molar-refractivity contribution is 7.71. The van der Waals surface area contributed by atoms with Gasteiger partial charge < -0.3 is 14.2 Å². The zero-order valence-corrected chi connectivity index (χ0v) is 18.3. The van der Waals surface area contributed by atoms with Crippen molar-refractivity contribution in [2.45, 2.75) is 27.3 Å². The highest BCUT2D eigenvalue weighted by Gasteiger charge is 2.19. The Hall–Kier alpha value is -2.51. The van der Waals surface area contributed by atoms with Crippen molar-refractivity contribution in [1.82, 2.24) is 14.8 Å². The molecule has 3 aromatic rings. The van der Waals surface area contributed by atoms with Gasteiger partial charge in [-0.3, -0.25) is 9.67 Å². The van der Waals surface area contributed by atoms with E-state index in [0.717, 1.165) is 11.1 Å². The number of ether oxygens (including phenoxy) is 3. The standard InChI is InChI=1S/C21H24ClN3O3S/c1-4-26-17-11-15(12-18(27-5-2)19(17)28-6-3)20-23-24-21(29)25(20)13-14-7-9-16(22)10-8-14/h7-12H,4-6,13H2,1-3H3,(H,24,29). The fourth-order valence-electron chi connectivity index (χ4n) is 2.97. The van der Waals surface area contributed by atoms with Crippen molar-refractivity contribution >= 4 is 23.8 Å². The van der Waals surface area contributed by atoms with Gasteiger partial charge in [0.25, 0.3) is 0 Å². The van der Waals surface area contributed by atoms with Crippen LogP contribution in [-0.2, 0) is 6.54 Å². The molecule has 0 spiro atoms. The zero-order valence-electron chi connectivity index (χ0n) is 16.7. The Bertz CT molecular complexity index is 988. The maximum Gasteiger partial charge on any atom is 0.203 e. The Labute approximate surface area is 180 Å². The topological polar surface area (TPSA) is 61.3 Å². The number of nitrogens with one attached hydrogen (secondary N) is 1. The number of rotatable bonds is 9. The van der Waals surface area contributed by atoms with Crippen LogP contribution in [0.2, 0.25) is 5.02 Å². The summed E-state index contributed by atoms with van der Waals surface area (Å²) in [5.41, 5.74) is 1.89. The van der Waals surface area contributed by atoms with E-state index in [-0.39, 0.29) is 0 Å². The first-order chi connectivity index (χ1) is 14.1. The van der Waals surface area contributed by atoms with E-state index in [1.165, 1.54) is 0 Å². The highest BCUT2D eigenvalue weighted by Crippen LogP contribution is 2.41. The number of aromatic amines is 1. The fraction of sp³-hybridized carbons (Fsp3) is 0.333. The smallest absolute Gasteiger partial charge is 0.203 e. The van der Waals surface area contributed by atoms with Gasteiger partial charge in [-0.1, -0.05) is 23.7 Å². The van der Waals surface area contributed by atoms with Gasteiger partial charge in [-0.25, -0.2) is 0 Å². The van der Waals surface area contributed by atoms with Gasteiger partial charge in [-0.2, -0.15) is 5.10 Å². The van der Waals surface area contributed by atoms with E-state index in [9.17, 15) is 0 Å². The zero-order chi connectivity index (χ0) is 20.8. The molecule has 0 radical (unpaired) electrons. The fourth-order valence-corrected chi connectivity index (χ4v) is 3.30. The third-order valence-corrected chi connectivity index (χ3v) is 4.74. The van der Waals surface area contributed by atoms with Crippen molar-refractivity contribution in [3.63, 3.8) is 0 Å². The Kier molecular flexibility index (Phi) is 7.17. The van der Waals surface area contributed by atoms with Gasteiger partial charge in [0.2, 0.25) is 5.75 Å². The largest absolute Gasteiger partial charge is 0.490 e. The predicted octanol–water partition coefficient (Wildman–Crippen LogP) is 5.51. The molecule has 0 bridgehead atoms. The molecule has 1 aromatic heterocycles. The van der Waals surface area contributed by atoms with Crippen molar-refractivity contribution in [2.75, 3.05) is 19.8 Å². The molecule has 0 fully saturated rings. The summed E-state index contributed by atoms with van der Waals surface area (Å²) in [7, 11) is 0. The molecular formula is C21H24ClN3O3S. The monoisotopic (exact) mass is 433 g/mol. The second-order valence-electron chi connectivity index (χ2n) is 6.17. The van der Waals surface area contributed by atoms with Crippen LogP contribution in [0.4, 0.5) is 0 Å². The van der Waals surface area contributed by atoms with Crippen molar-refractivity contribution < 1.29 is 14.2 Å². The number of H-pyrrole nitrogens is 1. The maximum atomic E-state index is 6.00. The Balaban J connectivity index is 2.08. The SMILES string of the molecule is CCOc1cc(-c2n[nH]c(=S)n2Cc2ccc(Cl)cc2)cc(OCC)c1OCC. The summed E-state index contributed by atoms with van der Waals surface area (Å²) >= 11 is 11.5. The summed E-state index contributed by atoms with van der Waals surface area (Å²) in [6.07, 6.45) is 0. The summed E-state index contributed by atoms with van der Waals surface area (Å²) in [5, 5.41) is 8.03. The minimum atomic E-state index is 0.507. The lowest BCUT2D eigenvalue weighted by Crippen LogP contribution is -2.05. The lowest BCUT2D eigenvalue weighted by molar-refractivity contribution is 0.261. The van der Waals surface area contributed by atoms with Crippen molar-refractivity contribution in [2.24, 2.45) is 0 Å². The quantitative estimate of drug-likeness (QED) is 0.451. The number of aromatic nitrogens is 3. The van der Waals surface area contributed by atoms with Gasteiger partial charge in [-0.05, 0) is 62.8 Å². The highest BCUT2D eigenvalue weighted by atomic mass is 35.5. The summed E-state index contributed by atoms with van der Waals surface area (Å²) in [5.74, 6) is 2.51. The van der Waals surface area contributed by atoms with Crippen molar-refractivity contribution in [1.29, 1.82) is 0 Å². The van der Waals surface area contributed by atoms with Crippen LogP contribution in [-0.4, -0.2) is 34.6 Å². The summed E-state index contributed by atoms with van der Waals surface area (Å²) in [6, 6.07) is 11.5. The van der Waals surface area contributed by atoms with Crippen molar-refractivity contribution in [3.8, 4) is 28.6 Å². The average Bonchev–Trinajstić information content (AvgIpc) is 3.06. The molecule has 154 valence electrons. The summed E-state index contributed by atoms with van der Waals surface area (Å²) < 4.78 is 19.9. The molecule has 0 aliphatic rings. The van der Waals surface area contributed by atoms with Crippen LogP contribution in [0, 0.1) is 4.77 Å². The van der Waals surface area contributed by atoms with E-state index in [4.69, 9.17) is 38.0 Å². The van der Waals surface area contributed by atoms with Gasteiger partial charge in [0.05, 0.1) is 26.4 Å². The number of benzene rings is 2. The third kappa shape index (κ3) is 4.92. The van der Waals surface area contributed by atoms with Crippen LogP contribution < -0.4 is 14.2 Å². The Morgan fingerprint density at radius 2 is 1.55 bits per heavy atom. The molecule has 0 amide bonds. The van der Waals surface area contributed by atoms with E-state index in [1.54, 1.807) is 0 Å². The van der Waals surface area contributed by atoms with Gasteiger partial charge >= 0.3 is 0 Å². The Morgan fingerprint density at radius 3 is 2.10 bits per heavy atom. The first kappa shape index (κ1) is 21.2. The summed E-state index contributed by atoms with van der Waals surface area (Å²) in [6.45, 7) is 7.87. The molecule has 0 saturated carbocycles. The third-order valence-electron chi connectivity index (χ3n) is 4.18. The normalized spacial score (nSPS) is 10.8. The molecule has 6 nitrogen and oxygen atoms in total. The second kappa shape index (κ2) is 9.80. The van der Waals surface area contributed by atoms with Crippen LogP contribution >= 0.6 is 23.8 Å². The molecule has 1 heterocycles. The van der Waals surface area contributed by atoms with Gasteiger partial charge in [0.15, 0.2) is 22.1 Å². The average molecular weight is 434 g/mol. The lowest BCUT2D eigenvalue weighted by atomic mass is 10.1.